The standard InChI is InChI=1S/C22H19NO2/c23-16-19-8-12-21(13-9-19)24-15-14-18-6-10-22(11-7-18)25-17-20-4-2-1-3-5-20/h1-13H,14-15,17H2. The van der Waals surface area contributed by atoms with Gasteiger partial charge in [-0.1, -0.05) is 42.5 Å². The van der Waals surface area contributed by atoms with Crippen LogP contribution < -0.4 is 9.47 Å². The number of hydrogen-bond donors (Lipinski definition) is 0. The number of benzene rings is 3. The minimum Gasteiger partial charge on any atom is -0.493 e. The van der Waals surface area contributed by atoms with Crippen molar-refractivity contribution in [3.63, 3.8) is 0 Å². The average Bonchev–Trinajstić information content (AvgIpc) is 2.69. The lowest BCUT2D eigenvalue weighted by molar-refractivity contribution is 0.305. The molecule has 0 fully saturated rings. The third-order valence-electron chi connectivity index (χ3n) is 3.81. The predicted octanol–water partition coefficient (Wildman–Crippen LogP) is 4.76. The molecule has 0 aliphatic rings. The van der Waals surface area contributed by atoms with Gasteiger partial charge in [0.05, 0.1) is 18.2 Å². The summed E-state index contributed by atoms with van der Waals surface area (Å²) in [5.74, 6) is 1.64. The van der Waals surface area contributed by atoms with E-state index < -0.39 is 0 Å². The Morgan fingerprint density at radius 1 is 0.680 bits per heavy atom. The lowest BCUT2D eigenvalue weighted by Crippen LogP contribution is -2.01. The fourth-order valence-corrected chi connectivity index (χ4v) is 2.41. The molecule has 0 heterocycles. The van der Waals surface area contributed by atoms with E-state index >= 15 is 0 Å². The van der Waals surface area contributed by atoms with E-state index in [-0.39, 0.29) is 0 Å². The van der Waals surface area contributed by atoms with Crippen LogP contribution in [0.5, 0.6) is 11.5 Å². The van der Waals surface area contributed by atoms with E-state index in [9.17, 15) is 0 Å². The van der Waals surface area contributed by atoms with Crippen molar-refractivity contribution in [3.05, 3.63) is 95.6 Å². The van der Waals surface area contributed by atoms with Crippen molar-refractivity contribution in [1.29, 1.82) is 5.26 Å². The highest BCUT2D eigenvalue weighted by Gasteiger charge is 1.99. The maximum Gasteiger partial charge on any atom is 0.119 e. The van der Waals surface area contributed by atoms with Gasteiger partial charge in [-0.3, -0.25) is 0 Å². The summed E-state index contributed by atoms with van der Waals surface area (Å²) in [7, 11) is 0. The Kier molecular flexibility index (Phi) is 5.68. The maximum atomic E-state index is 8.78. The molecule has 0 amide bonds. The van der Waals surface area contributed by atoms with Crippen molar-refractivity contribution in [2.75, 3.05) is 6.61 Å². The summed E-state index contributed by atoms with van der Waals surface area (Å²) in [4.78, 5) is 0. The van der Waals surface area contributed by atoms with Crippen molar-refractivity contribution in [3.8, 4) is 17.6 Å². The Bertz CT molecular complexity index is 819. The topological polar surface area (TPSA) is 42.2 Å². The van der Waals surface area contributed by atoms with Gasteiger partial charge in [0, 0.05) is 6.42 Å². The fraction of sp³-hybridized carbons (Fsp3) is 0.136. The van der Waals surface area contributed by atoms with Gasteiger partial charge in [0.1, 0.15) is 18.1 Å². The summed E-state index contributed by atoms with van der Waals surface area (Å²) < 4.78 is 11.5. The molecule has 3 nitrogen and oxygen atoms in total. The number of nitrogens with zero attached hydrogens (tertiary/aromatic N) is 1. The first kappa shape index (κ1) is 16.6. The zero-order valence-electron chi connectivity index (χ0n) is 13.9. The molecule has 3 aromatic carbocycles. The van der Waals surface area contributed by atoms with Crippen molar-refractivity contribution >= 4 is 0 Å². The number of rotatable bonds is 7. The van der Waals surface area contributed by atoms with Crippen LogP contribution in [0, 0.1) is 11.3 Å². The summed E-state index contributed by atoms with van der Waals surface area (Å²) in [5.41, 5.74) is 2.99. The van der Waals surface area contributed by atoms with Gasteiger partial charge in [-0.25, -0.2) is 0 Å². The third kappa shape index (κ3) is 5.12. The highest BCUT2D eigenvalue weighted by Crippen LogP contribution is 2.16. The Labute approximate surface area is 148 Å². The molecule has 0 radical (unpaired) electrons. The van der Waals surface area contributed by atoms with Gasteiger partial charge in [-0.2, -0.15) is 5.26 Å². The van der Waals surface area contributed by atoms with E-state index in [4.69, 9.17) is 14.7 Å². The van der Waals surface area contributed by atoms with E-state index in [1.165, 1.54) is 5.56 Å². The molecule has 0 N–H and O–H groups in total. The van der Waals surface area contributed by atoms with Gasteiger partial charge in [0.2, 0.25) is 0 Å². The Morgan fingerprint density at radius 3 is 2.00 bits per heavy atom. The first-order chi connectivity index (χ1) is 12.3. The van der Waals surface area contributed by atoms with Crippen LogP contribution in [0.3, 0.4) is 0 Å². The molecule has 124 valence electrons. The van der Waals surface area contributed by atoms with Crippen LogP contribution in [-0.4, -0.2) is 6.61 Å². The van der Waals surface area contributed by atoms with Gasteiger partial charge in [0.25, 0.3) is 0 Å². The fourth-order valence-electron chi connectivity index (χ4n) is 2.41. The molecule has 3 heteroatoms. The van der Waals surface area contributed by atoms with Crippen molar-refractivity contribution in [2.45, 2.75) is 13.0 Å². The van der Waals surface area contributed by atoms with Crippen molar-refractivity contribution in [1.82, 2.24) is 0 Å². The SMILES string of the molecule is N#Cc1ccc(OCCc2ccc(OCc3ccccc3)cc2)cc1. The Balaban J connectivity index is 1.45. The molecule has 0 aliphatic carbocycles. The van der Waals surface area contributed by atoms with Crippen LogP contribution in [0.15, 0.2) is 78.9 Å². The Morgan fingerprint density at radius 2 is 1.32 bits per heavy atom. The van der Waals surface area contributed by atoms with E-state index in [2.05, 4.69) is 30.3 Å². The normalized spacial score (nSPS) is 10.0. The average molecular weight is 329 g/mol. The predicted molar refractivity (Wildman–Crippen MR) is 97.6 cm³/mol. The van der Waals surface area contributed by atoms with Gasteiger partial charge in [0.15, 0.2) is 0 Å². The monoisotopic (exact) mass is 329 g/mol. The second-order valence-corrected chi connectivity index (χ2v) is 5.65. The second kappa shape index (κ2) is 8.56. The number of ether oxygens (including phenoxy) is 2. The lowest BCUT2D eigenvalue weighted by Gasteiger charge is -2.08. The first-order valence-electron chi connectivity index (χ1n) is 8.22. The largest absolute Gasteiger partial charge is 0.493 e. The second-order valence-electron chi connectivity index (χ2n) is 5.65. The molecule has 0 saturated heterocycles. The minimum atomic E-state index is 0.571. The van der Waals surface area contributed by atoms with Crippen LogP contribution >= 0.6 is 0 Å². The van der Waals surface area contributed by atoms with Crippen LogP contribution in [0.4, 0.5) is 0 Å². The van der Waals surface area contributed by atoms with Gasteiger partial charge >= 0.3 is 0 Å². The molecule has 0 saturated carbocycles. The third-order valence-corrected chi connectivity index (χ3v) is 3.81. The molecule has 3 rings (SSSR count). The summed E-state index contributed by atoms with van der Waals surface area (Å²) in [6.45, 7) is 1.16. The molecular weight excluding hydrogens is 310 g/mol. The minimum absolute atomic E-state index is 0.571. The first-order valence-corrected chi connectivity index (χ1v) is 8.22. The van der Waals surface area contributed by atoms with E-state index in [0.717, 1.165) is 23.5 Å². The summed E-state index contributed by atoms with van der Waals surface area (Å²) >= 11 is 0. The maximum absolute atomic E-state index is 8.78. The molecule has 25 heavy (non-hydrogen) atoms. The number of nitriles is 1. The summed E-state index contributed by atoms with van der Waals surface area (Å²) in [5, 5.41) is 8.78. The van der Waals surface area contributed by atoms with Crippen molar-refractivity contribution in [2.24, 2.45) is 0 Å². The van der Waals surface area contributed by atoms with Crippen LogP contribution in [0.2, 0.25) is 0 Å². The van der Waals surface area contributed by atoms with Crippen LogP contribution in [0.25, 0.3) is 0 Å². The number of hydrogen-bond acceptors (Lipinski definition) is 3. The quantitative estimate of drug-likeness (QED) is 0.627. The summed E-state index contributed by atoms with van der Waals surface area (Å²) in [6, 6.07) is 27.5. The summed E-state index contributed by atoms with van der Waals surface area (Å²) in [6.07, 6.45) is 0.818. The molecule has 3 aromatic rings. The zero-order valence-corrected chi connectivity index (χ0v) is 13.9. The van der Waals surface area contributed by atoms with E-state index in [1.807, 2.05) is 42.5 Å². The molecule has 0 bridgehead atoms. The molecule has 0 atom stereocenters. The van der Waals surface area contributed by atoms with E-state index in [1.54, 1.807) is 12.1 Å². The molecule has 0 spiro atoms. The zero-order chi connectivity index (χ0) is 17.3. The lowest BCUT2D eigenvalue weighted by atomic mass is 10.1. The van der Waals surface area contributed by atoms with Gasteiger partial charge in [-0.15, -0.1) is 0 Å². The molecule has 0 aromatic heterocycles. The smallest absolute Gasteiger partial charge is 0.119 e. The molecule has 0 aliphatic heterocycles. The van der Waals surface area contributed by atoms with E-state index in [0.29, 0.717) is 18.8 Å². The highest BCUT2D eigenvalue weighted by molar-refractivity contribution is 5.34. The van der Waals surface area contributed by atoms with Gasteiger partial charge < -0.3 is 9.47 Å². The van der Waals surface area contributed by atoms with Crippen molar-refractivity contribution < 1.29 is 9.47 Å². The van der Waals surface area contributed by atoms with Gasteiger partial charge in [-0.05, 0) is 47.5 Å². The highest BCUT2D eigenvalue weighted by atomic mass is 16.5. The molecular formula is C22H19NO2. The van der Waals surface area contributed by atoms with Crippen LogP contribution in [0.1, 0.15) is 16.7 Å². The Hall–Kier alpha value is -3.25. The van der Waals surface area contributed by atoms with Crippen LogP contribution in [-0.2, 0) is 13.0 Å². The molecule has 0 unspecified atom stereocenters.